The fourth-order valence-electron chi connectivity index (χ4n) is 3.04. The summed E-state index contributed by atoms with van der Waals surface area (Å²) in [5.41, 5.74) is 0. The predicted octanol–water partition coefficient (Wildman–Crippen LogP) is 3.90. The van der Waals surface area contributed by atoms with Crippen molar-refractivity contribution in [3.8, 4) is 0 Å². The largest absolute Gasteiger partial charge is 0.356 e. The van der Waals surface area contributed by atoms with E-state index >= 15 is 0 Å². The Kier molecular flexibility index (Phi) is 7.14. The number of thioether (sulfide) groups is 1. The summed E-state index contributed by atoms with van der Waals surface area (Å²) in [6.07, 6.45) is 2.46. The maximum atomic E-state index is 12.3. The zero-order valence-corrected chi connectivity index (χ0v) is 16.4. The Morgan fingerprint density at radius 3 is 2.58 bits per heavy atom. The van der Waals surface area contributed by atoms with Crippen LogP contribution in [-0.4, -0.2) is 42.1 Å². The lowest BCUT2D eigenvalue weighted by atomic mass is 9.96. The molecule has 2 aromatic rings. The van der Waals surface area contributed by atoms with Crippen LogP contribution in [0, 0.1) is 5.92 Å². The Hall–Kier alpha value is -1.79. The molecule has 0 bridgehead atoms. The molecule has 1 aromatic heterocycles. The Morgan fingerprint density at radius 2 is 1.88 bits per heavy atom. The molecule has 1 saturated heterocycles. The SMILES string of the molecule is O=C(NCCCSc1ccccc1)C1CCN(C(=O)c2cccs2)CC1. The number of hydrogen-bond acceptors (Lipinski definition) is 4. The Morgan fingerprint density at radius 1 is 1.12 bits per heavy atom. The van der Waals surface area contributed by atoms with Gasteiger partial charge in [0.1, 0.15) is 0 Å². The molecule has 1 aromatic carbocycles. The minimum Gasteiger partial charge on any atom is -0.356 e. The fourth-order valence-corrected chi connectivity index (χ4v) is 4.60. The molecule has 2 heterocycles. The summed E-state index contributed by atoms with van der Waals surface area (Å²) in [4.78, 5) is 28.6. The minimum absolute atomic E-state index is 0.0316. The molecule has 1 fully saturated rings. The normalized spacial score (nSPS) is 15.0. The number of likely N-dealkylation sites (tertiary alicyclic amines) is 1. The highest BCUT2D eigenvalue weighted by molar-refractivity contribution is 7.99. The van der Waals surface area contributed by atoms with Gasteiger partial charge >= 0.3 is 0 Å². The van der Waals surface area contributed by atoms with Gasteiger partial charge in [-0.3, -0.25) is 9.59 Å². The van der Waals surface area contributed by atoms with Crippen molar-refractivity contribution in [1.29, 1.82) is 0 Å². The van der Waals surface area contributed by atoms with Gasteiger partial charge in [-0.1, -0.05) is 24.3 Å². The Balaban J connectivity index is 1.32. The molecule has 26 heavy (non-hydrogen) atoms. The lowest BCUT2D eigenvalue weighted by Crippen LogP contribution is -2.43. The van der Waals surface area contributed by atoms with Crippen LogP contribution in [0.4, 0.5) is 0 Å². The van der Waals surface area contributed by atoms with Crippen molar-refractivity contribution in [2.75, 3.05) is 25.4 Å². The number of nitrogens with one attached hydrogen (secondary N) is 1. The van der Waals surface area contributed by atoms with E-state index in [1.165, 1.54) is 16.2 Å². The highest BCUT2D eigenvalue weighted by atomic mass is 32.2. The van der Waals surface area contributed by atoms with Gasteiger partial charge in [0.2, 0.25) is 5.91 Å². The first-order valence-corrected chi connectivity index (χ1v) is 10.9. The average molecular weight is 389 g/mol. The summed E-state index contributed by atoms with van der Waals surface area (Å²) < 4.78 is 0. The van der Waals surface area contributed by atoms with E-state index < -0.39 is 0 Å². The van der Waals surface area contributed by atoms with Crippen LogP contribution in [0.2, 0.25) is 0 Å². The smallest absolute Gasteiger partial charge is 0.263 e. The monoisotopic (exact) mass is 388 g/mol. The van der Waals surface area contributed by atoms with Gasteiger partial charge < -0.3 is 10.2 Å². The molecular formula is C20H24N2O2S2. The predicted molar refractivity (Wildman–Crippen MR) is 108 cm³/mol. The molecule has 4 nitrogen and oxygen atoms in total. The van der Waals surface area contributed by atoms with Gasteiger partial charge in [-0.15, -0.1) is 23.1 Å². The van der Waals surface area contributed by atoms with Gasteiger partial charge in [0.25, 0.3) is 5.91 Å². The van der Waals surface area contributed by atoms with E-state index in [0.29, 0.717) is 19.6 Å². The standard InChI is InChI=1S/C20H24N2O2S2/c23-19(21-11-5-15-25-17-6-2-1-3-7-17)16-9-12-22(13-10-16)20(24)18-8-4-14-26-18/h1-4,6-8,14,16H,5,9-13,15H2,(H,21,23). The van der Waals surface area contributed by atoms with Crippen molar-refractivity contribution >= 4 is 34.9 Å². The Labute approximate surface area is 163 Å². The second-order valence-corrected chi connectivity index (χ2v) is 8.47. The van der Waals surface area contributed by atoms with Gasteiger partial charge in [-0.05, 0) is 48.6 Å². The first-order valence-electron chi connectivity index (χ1n) is 9.02. The lowest BCUT2D eigenvalue weighted by molar-refractivity contribution is -0.126. The van der Waals surface area contributed by atoms with Crippen LogP contribution in [-0.2, 0) is 4.79 Å². The lowest BCUT2D eigenvalue weighted by Gasteiger charge is -2.31. The number of hydrogen-bond donors (Lipinski definition) is 1. The van der Waals surface area contributed by atoms with Crippen molar-refractivity contribution < 1.29 is 9.59 Å². The molecule has 2 amide bonds. The number of piperidine rings is 1. The van der Waals surface area contributed by atoms with E-state index in [-0.39, 0.29) is 17.7 Å². The first kappa shape index (κ1) is 19.0. The molecule has 1 N–H and O–H groups in total. The number of rotatable bonds is 7. The summed E-state index contributed by atoms with van der Waals surface area (Å²) in [6.45, 7) is 2.05. The van der Waals surface area contributed by atoms with Crippen LogP contribution < -0.4 is 5.32 Å². The van der Waals surface area contributed by atoms with E-state index in [1.807, 2.05) is 52.4 Å². The van der Waals surface area contributed by atoms with E-state index in [0.717, 1.165) is 29.9 Å². The van der Waals surface area contributed by atoms with Crippen molar-refractivity contribution in [2.45, 2.75) is 24.2 Å². The third-order valence-corrected chi connectivity index (χ3v) is 6.47. The number of thiophene rings is 1. The number of carbonyl (C=O) groups excluding carboxylic acids is 2. The van der Waals surface area contributed by atoms with E-state index in [1.54, 1.807) is 0 Å². The van der Waals surface area contributed by atoms with E-state index in [9.17, 15) is 9.59 Å². The summed E-state index contributed by atoms with van der Waals surface area (Å²) in [5.74, 6) is 1.26. The van der Waals surface area contributed by atoms with Gasteiger partial charge in [0, 0.05) is 30.4 Å². The van der Waals surface area contributed by atoms with Crippen molar-refractivity contribution in [3.63, 3.8) is 0 Å². The molecular weight excluding hydrogens is 364 g/mol. The van der Waals surface area contributed by atoms with Gasteiger partial charge in [0.15, 0.2) is 0 Å². The first-order chi connectivity index (χ1) is 12.7. The molecule has 0 atom stereocenters. The summed E-state index contributed by atoms with van der Waals surface area (Å²) in [5, 5.41) is 4.98. The molecule has 0 saturated carbocycles. The number of carbonyl (C=O) groups is 2. The molecule has 0 radical (unpaired) electrons. The number of nitrogens with zero attached hydrogens (tertiary/aromatic N) is 1. The summed E-state index contributed by atoms with van der Waals surface area (Å²) in [7, 11) is 0. The second-order valence-electron chi connectivity index (χ2n) is 6.35. The summed E-state index contributed by atoms with van der Waals surface area (Å²) >= 11 is 3.29. The fraction of sp³-hybridized carbons (Fsp3) is 0.400. The van der Waals surface area contributed by atoms with Crippen LogP contribution >= 0.6 is 23.1 Å². The zero-order valence-electron chi connectivity index (χ0n) is 14.7. The maximum absolute atomic E-state index is 12.3. The van der Waals surface area contributed by atoms with Crippen molar-refractivity contribution in [3.05, 3.63) is 52.7 Å². The highest BCUT2D eigenvalue weighted by Crippen LogP contribution is 2.21. The molecule has 3 rings (SSSR count). The maximum Gasteiger partial charge on any atom is 0.263 e. The zero-order chi connectivity index (χ0) is 18.2. The molecule has 138 valence electrons. The quantitative estimate of drug-likeness (QED) is 0.578. The molecule has 0 unspecified atom stereocenters. The minimum atomic E-state index is 0.0316. The third-order valence-electron chi connectivity index (χ3n) is 4.52. The molecule has 0 aliphatic carbocycles. The van der Waals surface area contributed by atoms with Crippen molar-refractivity contribution in [1.82, 2.24) is 10.2 Å². The Bertz CT molecular complexity index is 696. The van der Waals surface area contributed by atoms with Crippen LogP contribution in [0.1, 0.15) is 28.9 Å². The number of benzene rings is 1. The molecule has 6 heteroatoms. The summed E-state index contributed by atoms with van der Waals surface area (Å²) in [6, 6.07) is 14.1. The van der Waals surface area contributed by atoms with Crippen molar-refractivity contribution in [2.24, 2.45) is 5.92 Å². The van der Waals surface area contributed by atoms with Crippen LogP contribution in [0.5, 0.6) is 0 Å². The topological polar surface area (TPSA) is 49.4 Å². The van der Waals surface area contributed by atoms with Gasteiger partial charge in [0.05, 0.1) is 4.88 Å². The van der Waals surface area contributed by atoms with E-state index in [4.69, 9.17) is 0 Å². The number of amides is 2. The third kappa shape index (κ3) is 5.35. The molecule has 1 aliphatic heterocycles. The molecule has 0 spiro atoms. The van der Waals surface area contributed by atoms with Crippen LogP contribution in [0.15, 0.2) is 52.7 Å². The second kappa shape index (κ2) is 9.78. The molecule has 1 aliphatic rings. The van der Waals surface area contributed by atoms with E-state index in [2.05, 4.69) is 17.4 Å². The van der Waals surface area contributed by atoms with Crippen LogP contribution in [0.3, 0.4) is 0 Å². The highest BCUT2D eigenvalue weighted by Gasteiger charge is 2.27. The van der Waals surface area contributed by atoms with Crippen LogP contribution in [0.25, 0.3) is 0 Å². The van der Waals surface area contributed by atoms with Gasteiger partial charge in [-0.2, -0.15) is 0 Å². The average Bonchev–Trinajstić information content (AvgIpc) is 3.23. The van der Waals surface area contributed by atoms with Gasteiger partial charge in [-0.25, -0.2) is 0 Å².